The molecule has 0 radical (unpaired) electrons. The molecule has 0 saturated carbocycles. The summed E-state index contributed by atoms with van der Waals surface area (Å²) in [6.45, 7) is 9.62. The Hall–Kier alpha value is -1.10. The first-order valence-corrected chi connectivity index (χ1v) is 7.76. The summed E-state index contributed by atoms with van der Waals surface area (Å²) in [4.78, 5) is 2.37. The summed E-state index contributed by atoms with van der Waals surface area (Å²) in [6.07, 6.45) is 0.941. The van der Waals surface area contributed by atoms with Gasteiger partial charge in [-0.15, -0.1) is 0 Å². The van der Waals surface area contributed by atoms with Gasteiger partial charge in [0.1, 0.15) is 5.75 Å². The van der Waals surface area contributed by atoms with Crippen molar-refractivity contribution in [1.29, 1.82) is 0 Å². The quantitative estimate of drug-likeness (QED) is 0.816. The molecular formula is C17H27NO3. The third-order valence-corrected chi connectivity index (χ3v) is 4.03. The minimum atomic E-state index is -0.0406. The maximum Gasteiger partial charge on any atom is 0.122 e. The molecule has 1 saturated heterocycles. The zero-order valence-corrected chi connectivity index (χ0v) is 13.3. The molecule has 2 unspecified atom stereocenters. The average Bonchev–Trinajstić information content (AvgIpc) is 2.48. The summed E-state index contributed by atoms with van der Waals surface area (Å²) < 4.78 is 11.4. The van der Waals surface area contributed by atoms with Crippen LogP contribution in [0.2, 0.25) is 0 Å². The van der Waals surface area contributed by atoms with Crippen LogP contribution in [0.25, 0.3) is 0 Å². The van der Waals surface area contributed by atoms with E-state index in [1.165, 1.54) is 11.1 Å². The molecule has 118 valence electrons. The molecule has 4 heteroatoms. The molecule has 0 amide bonds. The number of benzene rings is 1. The number of aliphatic hydroxyl groups is 1. The van der Waals surface area contributed by atoms with E-state index < -0.39 is 0 Å². The van der Waals surface area contributed by atoms with E-state index in [2.05, 4.69) is 43.9 Å². The Morgan fingerprint density at radius 2 is 2.19 bits per heavy atom. The molecule has 0 aliphatic carbocycles. The summed E-state index contributed by atoms with van der Waals surface area (Å²) in [5, 5.41) is 9.20. The highest BCUT2D eigenvalue weighted by molar-refractivity contribution is 5.35. The van der Waals surface area contributed by atoms with Gasteiger partial charge in [0.15, 0.2) is 0 Å². The largest absolute Gasteiger partial charge is 0.493 e. The van der Waals surface area contributed by atoms with Crippen LogP contribution in [0.3, 0.4) is 0 Å². The van der Waals surface area contributed by atoms with Gasteiger partial charge in [-0.2, -0.15) is 0 Å². The maximum atomic E-state index is 9.20. The molecule has 1 N–H and O–H groups in total. The lowest BCUT2D eigenvalue weighted by Gasteiger charge is -2.37. The molecule has 4 nitrogen and oxygen atoms in total. The molecule has 1 aromatic carbocycles. The Balaban J connectivity index is 1.75. The van der Waals surface area contributed by atoms with Gasteiger partial charge in [0.25, 0.3) is 0 Å². The Morgan fingerprint density at radius 3 is 2.95 bits per heavy atom. The van der Waals surface area contributed by atoms with Crippen LogP contribution >= 0.6 is 0 Å². The summed E-state index contributed by atoms with van der Waals surface area (Å²) in [5.74, 6) is 0.985. The Morgan fingerprint density at radius 1 is 1.38 bits per heavy atom. The number of aliphatic hydroxyl groups excluding tert-OH is 1. The fourth-order valence-electron chi connectivity index (χ4n) is 2.61. The standard InChI is InChI=1S/C17H27NO3/c1-13-5-6-14(2)17(9-13)20-8-4-7-18-10-16(11-19)21-12-15(18)3/h5-6,9,15-16,19H,4,7-8,10-12H2,1-3H3. The summed E-state index contributed by atoms with van der Waals surface area (Å²) in [5.41, 5.74) is 2.41. The predicted octanol–water partition coefficient (Wildman–Crippen LogP) is 2.15. The van der Waals surface area contributed by atoms with Crippen LogP contribution in [0, 0.1) is 13.8 Å². The van der Waals surface area contributed by atoms with Gasteiger partial charge in [-0.25, -0.2) is 0 Å². The fourth-order valence-corrected chi connectivity index (χ4v) is 2.61. The molecule has 1 aliphatic heterocycles. The van der Waals surface area contributed by atoms with Crippen molar-refractivity contribution in [3.05, 3.63) is 29.3 Å². The van der Waals surface area contributed by atoms with E-state index in [-0.39, 0.29) is 12.7 Å². The van der Waals surface area contributed by atoms with Crippen LogP contribution in [0.1, 0.15) is 24.5 Å². The van der Waals surface area contributed by atoms with E-state index in [1.807, 2.05) is 0 Å². The molecule has 2 atom stereocenters. The first-order valence-electron chi connectivity index (χ1n) is 7.76. The molecule has 0 aromatic heterocycles. The average molecular weight is 293 g/mol. The van der Waals surface area contributed by atoms with Gasteiger partial charge in [-0.1, -0.05) is 12.1 Å². The Labute approximate surface area is 127 Å². The molecule has 1 aliphatic rings. The zero-order valence-electron chi connectivity index (χ0n) is 13.3. The lowest BCUT2D eigenvalue weighted by atomic mass is 10.1. The SMILES string of the molecule is Cc1ccc(C)c(OCCCN2CC(CO)OCC2C)c1. The molecular weight excluding hydrogens is 266 g/mol. The highest BCUT2D eigenvalue weighted by atomic mass is 16.5. The van der Waals surface area contributed by atoms with Crippen LogP contribution in [-0.2, 0) is 4.74 Å². The molecule has 1 aromatic rings. The van der Waals surface area contributed by atoms with Crippen molar-refractivity contribution in [3.8, 4) is 5.75 Å². The van der Waals surface area contributed by atoms with Gasteiger partial charge in [0, 0.05) is 19.1 Å². The van der Waals surface area contributed by atoms with Crippen LogP contribution in [0.15, 0.2) is 18.2 Å². The van der Waals surface area contributed by atoms with Gasteiger partial charge in [-0.05, 0) is 44.4 Å². The van der Waals surface area contributed by atoms with E-state index in [9.17, 15) is 5.11 Å². The highest BCUT2D eigenvalue weighted by Crippen LogP contribution is 2.19. The van der Waals surface area contributed by atoms with E-state index in [1.54, 1.807) is 0 Å². The maximum absolute atomic E-state index is 9.20. The van der Waals surface area contributed by atoms with E-state index >= 15 is 0 Å². The van der Waals surface area contributed by atoms with Crippen LogP contribution < -0.4 is 4.74 Å². The van der Waals surface area contributed by atoms with Crippen molar-refractivity contribution >= 4 is 0 Å². The first-order chi connectivity index (χ1) is 10.1. The number of nitrogens with zero attached hydrogens (tertiary/aromatic N) is 1. The molecule has 0 spiro atoms. The van der Waals surface area contributed by atoms with Gasteiger partial charge in [0.2, 0.25) is 0 Å². The third-order valence-electron chi connectivity index (χ3n) is 4.03. The van der Waals surface area contributed by atoms with Gasteiger partial charge in [-0.3, -0.25) is 4.90 Å². The van der Waals surface area contributed by atoms with E-state index in [0.29, 0.717) is 12.6 Å². The second-order valence-electron chi connectivity index (χ2n) is 5.95. The monoisotopic (exact) mass is 293 g/mol. The van der Waals surface area contributed by atoms with Gasteiger partial charge < -0.3 is 14.6 Å². The minimum absolute atomic E-state index is 0.0406. The Bertz CT molecular complexity index is 450. The predicted molar refractivity (Wildman–Crippen MR) is 83.9 cm³/mol. The lowest BCUT2D eigenvalue weighted by Crippen LogP contribution is -2.49. The van der Waals surface area contributed by atoms with E-state index in [0.717, 1.165) is 31.9 Å². The molecule has 1 fully saturated rings. The molecule has 2 rings (SSSR count). The fraction of sp³-hybridized carbons (Fsp3) is 0.647. The lowest BCUT2D eigenvalue weighted by molar-refractivity contribution is -0.0784. The number of rotatable bonds is 6. The zero-order chi connectivity index (χ0) is 15.2. The Kier molecular flexibility index (Phi) is 6.03. The highest BCUT2D eigenvalue weighted by Gasteiger charge is 2.24. The number of morpholine rings is 1. The molecule has 1 heterocycles. The minimum Gasteiger partial charge on any atom is -0.493 e. The summed E-state index contributed by atoms with van der Waals surface area (Å²) in [6, 6.07) is 6.70. The van der Waals surface area contributed by atoms with E-state index in [4.69, 9.17) is 9.47 Å². The first kappa shape index (κ1) is 16.3. The normalized spacial score (nSPS) is 23.2. The summed E-state index contributed by atoms with van der Waals surface area (Å²) >= 11 is 0. The number of aryl methyl sites for hydroxylation is 2. The third kappa shape index (κ3) is 4.70. The number of hydrogen-bond donors (Lipinski definition) is 1. The molecule has 21 heavy (non-hydrogen) atoms. The molecule has 0 bridgehead atoms. The summed E-state index contributed by atoms with van der Waals surface area (Å²) in [7, 11) is 0. The van der Waals surface area contributed by atoms with Crippen molar-refractivity contribution < 1.29 is 14.6 Å². The van der Waals surface area contributed by atoms with Crippen LogP contribution in [0.5, 0.6) is 5.75 Å². The van der Waals surface area contributed by atoms with Crippen molar-refractivity contribution in [3.63, 3.8) is 0 Å². The van der Waals surface area contributed by atoms with Crippen LogP contribution in [0.4, 0.5) is 0 Å². The van der Waals surface area contributed by atoms with Crippen molar-refractivity contribution in [2.24, 2.45) is 0 Å². The van der Waals surface area contributed by atoms with Crippen molar-refractivity contribution in [2.75, 3.05) is 32.9 Å². The number of ether oxygens (including phenoxy) is 2. The van der Waals surface area contributed by atoms with Crippen molar-refractivity contribution in [1.82, 2.24) is 4.90 Å². The second kappa shape index (κ2) is 7.78. The van der Waals surface area contributed by atoms with Gasteiger partial charge in [0.05, 0.1) is 25.9 Å². The van der Waals surface area contributed by atoms with Crippen LogP contribution in [-0.4, -0.2) is 55.1 Å². The van der Waals surface area contributed by atoms with Gasteiger partial charge >= 0.3 is 0 Å². The second-order valence-corrected chi connectivity index (χ2v) is 5.95. The van der Waals surface area contributed by atoms with Crippen molar-refractivity contribution in [2.45, 2.75) is 39.3 Å². The topological polar surface area (TPSA) is 41.9 Å². The smallest absolute Gasteiger partial charge is 0.122 e. The number of hydrogen-bond acceptors (Lipinski definition) is 4.